The number of hydrogen-bond donors (Lipinski definition) is 2. The van der Waals surface area contributed by atoms with Gasteiger partial charge in [-0.25, -0.2) is 4.98 Å². The number of aryl methyl sites for hydroxylation is 2. The van der Waals surface area contributed by atoms with Crippen LogP contribution in [0.2, 0.25) is 5.02 Å². The van der Waals surface area contributed by atoms with E-state index in [9.17, 15) is 19.7 Å². The van der Waals surface area contributed by atoms with Crippen LogP contribution in [0.15, 0.2) is 29.1 Å². The molecule has 0 aliphatic carbocycles. The van der Waals surface area contributed by atoms with Gasteiger partial charge in [-0.15, -0.1) is 0 Å². The first-order valence-electron chi connectivity index (χ1n) is 8.08. The fourth-order valence-corrected chi connectivity index (χ4v) is 2.78. The van der Waals surface area contributed by atoms with Crippen LogP contribution in [0.1, 0.15) is 27.3 Å². The van der Waals surface area contributed by atoms with Crippen molar-refractivity contribution in [2.45, 2.75) is 20.8 Å². The minimum Gasteiger partial charge on any atom is -0.306 e. The van der Waals surface area contributed by atoms with Crippen LogP contribution < -0.4 is 10.9 Å². The fourth-order valence-electron chi connectivity index (χ4n) is 2.50. The first-order chi connectivity index (χ1) is 13.2. The van der Waals surface area contributed by atoms with E-state index in [-0.39, 0.29) is 33.6 Å². The Kier molecular flexibility index (Phi) is 4.97. The first-order valence-corrected chi connectivity index (χ1v) is 8.45. The highest BCUT2D eigenvalue weighted by Crippen LogP contribution is 2.28. The lowest BCUT2D eigenvalue weighted by atomic mass is 10.2. The molecule has 0 aliphatic rings. The number of aromatic amines is 1. The Morgan fingerprint density at radius 3 is 2.68 bits per heavy atom. The molecule has 0 radical (unpaired) electrons. The molecule has 0 bridgehead atoms. The van der Waals surface area contributed by atoms with Gasteiger partial charge >= 0.3 is 0 Å². The molecule has 1 aromatic carbocycles. The van der Waals surface area contributed by atoms with E-state index >= 15 is 0 Å². The molecule has 11 heteroatoms. The number of H-pyrrole nitrogens is 1. The summed E-state index contributed by atoms with van der Waals surface area (Å²) in [6.07, 6.45) is 0. The van der Waals surface area contributed by atoms with E-state index in [2.05, 4.69) is 20.4 Å². The molecule has 0 unspecified atom stereocenters. The van der Waals surface area contributed by atoms with E-state index < -0.39 is 10.8 Å². The topological polar surface area (TPSA) is 136 Å². The highest BCUT2D eigenvalue weighted by molar-refractivity contribution is 6.36. The van der Waals surface area contributed by atoms with E-state index in [1.165, 1.54) is 22.9 Å². The zero-order valence-electron chi connectivity index (χ0n) is 15.1. The Morgan fingerprint density at radius 2 is 2.04 bits per heavy atom. The molecule has 10 nitrogen and oxygen atoms in total. The Labute approximate surface area is 163 Å². The molecule has 0 aliphatic heterocycles. The number of aromatic nitrogens is 4. The van der Waals surface area contributed by atoms with Crippen molar-refractivity contribution in [1.82, 2.24) is 19.7 Å². The van der Waals surface area contributed by atoms with Crippen molar-refractivity contribution >= 4 is 29.0 Å². The maximum atomic E-state index is 12.6. The quantitative estimate of drug-likeness (QED) is 0.508. The van der Waals surface area contributed by atoms with Crippen LogP contribution in [0.3, 0.4) is 0 Å². The van der Waals surface area contributed by atoms with Gasteiger partial charge in [0.2, 0.25) is 5.95 Å². The van der Waals surface area contributed by atoms with Crippen molar-refractivity contribution in [3.63, 3.8) is 0 Å². The maximum Gasteiger partial charge on any atom is 0.288 e. The summed E-state index contributed by atoms with van der Waals surface area (Å²) in [6.45, 7) is 5.03. The molecule has 3 rings (SSSR count). The Balaban J connectivity index is 2.01. The lowest BCUT2D eigenvalue weighted by molar-refractivity contribution is -0.384. The second-order valence-corrected chi connectivity index (χ2v) is 6.41. The minimum absolute atomic E-state index is 0.0668. The lowest BCUT2D eigenvalue weighted by Crippen LogP contribution is -2.21. The van der Waals surface area contributed by atoms with Gasteiger partial charge in [0.1, 0.15) is 10.8 Å². The second-order valence-electron chi connectivity index (χ2n) is 6.03. The number of nitrogens with zero attached hydrogens (tertiary/aromatic N) is 4. The molecule has 28 heavy (non-hydrogen) atoms. The summed E-state index contributed by atoms with van der Waals surface area (Å²) in [7, 11) is 0. The van der Waals surface area contributed by atoms with Crippen LogP contribution in [0, 0.1) is 30.9 Å². The van der Waals surface area contributed by atoms with Gasteiger partial charge in [-0.05, 0) is 26.8 Å². The largest absolute Gasteiger partial charge is 0.306 e. The van der Waals surface area contributed by atoms with Gasteiger partial charge in [-0.3, -0.25) is 24.7 Å². The van der Waals surface area contributed by atoms with Crippen LogP contribution in [0.4, 0.5) is 11.5 Å². The third-order valence-corrected chi connectivity index (χ3v) is 4.47. The summed E-state index contributed by atoms with van der Waals surface area (Å²) in [6, 6.07) is 5.51. The molecule has 0 fully saturated rings. The molecule has 1 amide bonds. The molecule has 2 heterocycles. The normalized spacial score (nSPS) is 10.7. The average molecular weight is 403 g/mol. The molecular formula is C17H15ClN6O4. The van der Waals surface area contributed by atoms with Crippen LogP contribution in [-0.2, 0) is 0 Å². The molecule has 0 saturated carbocycles. The van der Waals surface area contributed by atoms with Gasteiger partial charge < -0.3 is 5.32 Å². The van der Waals surface area contributed by atoms with Crippen molar-refractivity contribution in [3.05, 3.63) is 72.3 Å². The summed E-state index contributed by atoms with van der Waals surface area (Å²) in [5.74, 6) is -0.320. The number of anilines is 1. The van der Waals surface area contributed by atoms with E-state index in [4.69, 9.17) is 11.6 Å². The smallest absolute Gasteiger partial charge is 0.288 e. The number of rotatable bonds is 4. The van der Waals surface area contributed by atoms with Gasteiger partial charge in [-0.1, -0.05) is 17.7 Å². The highest BCUT2D eigenvalue weighted by Gasteiger charge is 2.21. The van der Waals surface area contributed by atoms with Gasteiger partial charge in [0, 0.05) is 23.4 Å². The van der Waals surface area contributed by atoms with E-state index in [0.717, 1.165) is 0 Å². The molecular weight excluding hydrogens is 388 g/mol. The zero-order chi connectivity index (χ0) is 20.6. The highest BCUT2D eigenvalue weighted by atomic mass is 35.5. The molecule has 0 saturated heterocycles. The Morgan fingerprint density at radius 1 is 1.32 bits per heavy atom. The maximum absolute atomic E-state index is 12.6. The molecule has 3 aromatic rings. The summed E-state index contributed by atoms with van der Waals surface area (Å²) in [5, 5.41) is 17.6. The molecule has 2 aromatic heterocycles. The standard InChI is InChI=1S/C17H15ClN6O4/c1-8-7-13(23(22-8)17-19-10(3)9(2)15(25)21-17)20-16(26)11-5-4-6-12(14(11)18)24(27)28/h4-7H,1-3H3,(H,20,26)(H,19,21,25). The van der Waals surface area contributed by atoms with Crippen molar-refractivity contribution in [3.8, 4) is 5.95 Å². The van der Waals surface area contributed by atoms with Gasteiger partial charge in [-0.2, -0.15) is 9.78 Å². The SMILES string of the molecule is Cc1cc(NC(=O)c2cccc([N+](=O)[O-])c2Cl)n(-c2nc(C)c(C)c(=O)[nH]2)n1. The average Bonchev–Trinajstić information content (AvgIpc) is 2.99. The van der Waals surface area contributed by atoms with Gasteiger partial charge in [0.15, 0.2) is 0 Å². The van der Waals surface area contributed by atoms with Crippen LogP contribution >= 0.6 is 11.6 Å². The van der Waals surface area contributed by atoms with Crippen molar-refractivity contribution in [2.75, 3.05) is 5.32 Å². The summed E-state index contributed by atoms with van der Waals surface area (Å²) in [4.78, 5) is 41.9. The predicted molar refractivity (Wildman–Crippen MR) is 102 cm³/mol. The number of nitro groups is 1. The lowest BCUT2D eigenvalue weighted by Gasteiger charge is -2.10. The number of nitro benzene ring substituents is 1. The van der Waals surface area contributed by atoms with Crippen molar-refractivity contribution in [1.29, 1.82) is 0 Å². The molecule has 0 spiro atoms. The first kappa shape index (κ1) is 19.2. The van der Waals surface area contributed by atoms with Crippen molar-refractivity contribution in [2.24, 2.45) is 0 Å². The number of benzene rings is 1. The summed E-state index contributed by atoms with van der Waals surface area (Å²) >= 11 is 6.00. The second kappa shape index (κ2) is 7.24. The summed E-state index contributed by atoms with van der Waals surface area (Å²) in [5.41, 5.74) is 0.783. The van der Waals surface area contributed by atoms with Crippen LogP contribution in [-0.4, -0.2) is 30.6 Å². The molecule has 144 valence electrons. The van der Waals surface area contributed by atoms with Gasteiger partial charge in [0.25, 0.3) is 17.2 Å². The third kappa shape index (κ3) is 3.49. The minimum atomic E-state index is -0.669. The number of carbonyl (C=O) groups excluding carboxylic acids is 1. The number of carbonyl (C=O) groups is 1. The fraction of sp³-hybridized carbons (Fsp3) is 0.176. The Bertz CT molecular complexity index is 1170. The summed E-state index contributed by atoms with van der Waals surface area (Å²) < 4.78 is 1.27. The van der Waals surface area contributed by atoms with Gasteiger partial charge in [0.05, 0.1) is 16.2 Å². The molecule has 2 N–H and O–H groups in total. The zero-order valence-corrected chi connectivity index (χ0v) is 15.9. The van der Waals surface area contributed by atoms with E-state index in [0.29, 0.717) is 17.0 Å². The predicted octanol–water partition coefficient (Wildman–Crippen LogP) is 2.69. The number of hydrogen-bond acceptors (Lipinski definition) is 6. The monoisotopic (exact) mass is 402 g/mol. The number of nitrogens with one attached hydrogen (secondary N) is 2. The Hall–Kier alpha value is -3.53. The molecule has 0 atom stereocenters. The number of halogens is 1. The number of amides is 1. The van der Waals surface area contributed by atoms with Crippen LogP contribution in [0.25, 0.3) is 5.95 Å². The van der Waals surface area contributed by atoms with E-state index in [1.54, 1.807) is 26.8 Å². The van der Waals surface area contributed by atoms with Crippen molar-refractivity contribution < 1.29 is 9.72 Å². The van der Waals surface area contributed by atoms with Crippen LogP contribution in [0.5, 0.6) is 0 Å². The third-order valence-electron chi connectivity index (χ3n) is 4.08. The van der Waals surface area contributed by atoms with E-state index in [1.807, 2.05) is 0 Å².